The second kappa shape index (κ2) is 10.9. The fraction of sp³-hybridized carbons (Fsp3) is 0. The Morgan fingerprint density at radius 3 is 1.49 bits per heavy atom. The van der Waals surface area contributed by atoms with Crippen molar-refractivity contribution in [1.29, 1.82) is 0 Å². The zero-order valence-electron chi connectivity index (χ0n) is 27.7. The molecular weight excluding hydrogens is 617 g/mol. The quantitative estimate of drug-likeness (QED) is 0.138. The molecule has 0 saturated heterocycles. The Balaban J connectivity index is 1.29. The average Bonchev–Trinajstić information content (AvgIpc) is 3.56. The van der Waals surface area contributed by atoms with E-state index in [0.29, 0.717) is 0 Å². The molecule has 1 heterocycles. The van der Waals surface area contributed by atoms with E-state index in [4.69, 9.17) is 4.42 Å². The maximum atomic E-state index is 6.76. The molecule has 11 rings (SSSR count). The number of benzene rings is 10. The molecule has 0 N–H and O–H groups in total. The first-order valence-corrected chi connectivity index (χ1v) is 17.6. The molecule has 0 fully saturated rings. The van der Waals surface area contributed by atoms with E-state index < -0.39 is 0 Å². The predicted molar refractivity (Wildman–Crippen MR) is 218 cm³/mol. The van der Waals surface area contributed by atoms with Crippen molar-refractivity contribution in [3.8, 4) is 33.4 Å². The van der Waals surface area contributed by atoms with Crippen LogP contribution in [0.25, 0.3) is 109 Å². The van der Waals surface area contributed by atoms with Gasteiger partial charge in [-0.15, -0.1) is 0 Å². The molecule has 0 aliphatic carbocycles. The van der Waals surface area contributed by atoms with Crippen LogP contribution in [0, 0.1) is 0 Å². The molecule has 0 radical (unpaired) electrons. The second-order valence-electron chi connectivity index (χ2n) is 13.6. The van der Waals surface area contributed by atoms with Crippen molar-refractivity contribution in [3.63, 3.8) is 0 Å². The van der Waals surface area contributed by atoms with E-state index in [-0.39, 0.29) is 0 Å². The predicted octanol–water partition coefficient (Wildman–Crippen LogP) is 14.4. The molecule has 0 amide bonds. The average molecular weight is 647 g/mol. The third kappa shape index (κ3) is 4.22. The van der Waals surface area contributed by atoms with Gasteiger partial charge < -0.3 is 4.42 Å². The van der Waals surface area contributed by atoms with Crippen molar-refractivity contribution in [2.75, 3.05) is 0 Å². The molecule has 0 aliphatic rings. The van der Waals surface area contributed by atoms with Crippen LogP contribution in [0.4, 0.5) is 0 Å². The summed E-state index contributed by atoms with van der Waals surface area (Å²) in [6.45, 7) is 0. The fourth-order valence-corrected chi connectivity index (χ4v) is 8.53. The van der Waals surface area contributed by atoms with Gasteiger partial charge in [0.1, 0.15) is 11.2 Å². The molecule has 0 atom stereocenters. The van der Waals surface area contributed by atoms with Crippen LogP contribution >= 0.6 is 0 Å². The van der Waals surface area contributed by atoms with Gasteiger partial charge in [0.05, 0.1) is 0 Å². The van der Waals surface area contributed by atoms with E-state index in [2.05, 4.69) is 182 Å². The number of rotatable bonds is 3. The zero-order valence-corrected chi connectivity index (χ0v) is 27.7. The molecule has 1 aromatic heterocycles. The maximum absolute atomic E-state index is 6.76. The van der Waals surface area contributed by atoms with E-state index in [9.17, 15) is 0 Å². The summed E-state index contributed by atoms with van der Waals surface area (Å²) in [5.41, 5.74) is 9.02. The van der Waals surface area contributed by atoms with Gasteiger partial charge in [-0.05, 0) is 112 Å². The molecule has 11 aromatic rings. The molecule has 0 unspecified atom stereocenters. The highest BCUT2D eigenvalue weighted by Gasteiger charge is 2.22. The number of hydrogen-bond acceptors (Lipinski definition) is 1. The number of furan rings is 1. The van der Waals surface area contributed by atoms with E-state index in [1.807, 2.05) is 0 Å². The van der Waals surface area contributed by atoms with Gasteiger partial charge in [-0.1, -0.05) is 152 Å². The standard InChI is InChI=1S/C50H30O/c1-2-14-31(15-3-1)43-28-35(29-46-44-26-32-16-4-5-17-33(32)30-47(44)51-50(43)46)48-39-22-10-12-24-41(39)49(42-25-13-11-23-40(42)48)45-27-34-18-6-7-19-36(34)37-20-8-9-21-38(37)45/h1-30H. The molecule has 0 bridgehead atoms. The van der Waals surface area contributed by atoms with Gasteiger partial charge in [-0.25, -0.2) is 0 Å². The molecule has 51 heavy (non-hydrogen) atoms. The smallest absolute Gasteiger partial charge is 0.143 e. The molecule has 10 aromatic carbocycles. The summed E-state index contributed by atoms with van der Waals surface area (Å²) in [5.74, 6) is 0. The highest BCUT2D eigenvalue weighted by atomic mass is 16.3. The molecular formula is C50H30O. The summed E-state index contributed by atoms with van der Waals surface area (Å²) in [4.78, 5) is 0. The van der Waals surface area contributed by atoms with Gasteiger partial charge in [-0.3, -0.25) is 0 Å². The highest BCUT2D eigenvalue weighted by molar-refractivity contribution is 6.26. The lowest BCUT2D eigenvalue weighted by Crippen LogP contribution is -1.93. The van der Waals surface area contributed by atoms with E-state index in [0.717, 1.165) is 33.1 Å². The van der Waals surface area contributed by atoms with Gasteiger partial charge in [0.25, 0.3) is 0 Å². The first-order chi connectivity index (χ1) is 25.3. The molecule has 0 saturated carbocycles. The first-order valence-electron chi connectivity index (χ1n) is 17.6. The van der Waals surface area contributed by atoms with E-state index in [1.54, 1.807) is 0 Å². The summed E-state index contributed by atoms with van der Waals surface area (Å²) in [7, 11) is 0. The van der Waals surface area contributed by atoms with Crippen molar-refractivity contribution in [2.24, 2.45) is 0 Å². The lowest BCUT2D eigenvalue weighted by atomic mass is 9.83. The van der Waals surface area contributed by atoms with Gasteiger partial charge in [0, 0.05) is 16.3 Å². The van der Waals surface area contributed by atoms with Gasteiger partial charge >= 0.3 is 0 Å². The van der Waals surface area contributed by atoms with Crippen molar-refractivity contribution in [2.45, 2.75) is 0 Å². The third-order valence-corrected chi connectivity index (χ3v) is 10.8. The summed E-state index contributed by atoms with van der Waals surface area (Å²) < 4.78 is 6.76. The van der Waals surface area contributed by atoms with E-state index >= 15 is 0 Å². The van der Waals surface area contributed by atoms with Crippen LogP contribution in [-0.4, -0.2) is 0 Å². The van der Waals surface area contributed by atoms with E-state index in [1.165, 1.54) is 76.1 Å². The molecule has 236 valence electrons. The Bertz CT molecular complexity index is 3130. The van der Waals surface area contributed by atoms with Crippen LogP contribution in [0.3, 0.4) is 0 Å². The Morgan fingerprint density at radius 1 is 0.275 bits per heavy atom. The lowest BCUT2D eigenvalue weighted by Gasteiger charge is -2.20. The van der Waals surface area contributed by atoms with Crippen molar-refractivity contribution in [1.82, 2.24) is 0 Å². The molecule has 0 aliphatic heterocycles. The monoisotopic (exact) mass is 646 g/mol. The van der Waals surface area contributed by atoms with Gasteiger partial charge in [-0.2, -0.15) is 0 Å². The van der Waals surface area contributed by atoms with Crippen LogP contribution in [0.5, 0.6) is 0 Å². The van der Waals surface area contributed by atoms with Crippen LogP contribution in [0.15, 0.2) is 186 Å². The van der Waals surface area contributed by atoms with Crippen LogP contribution < -0.4 is 0 Å². The summed E-state index contributed by atoms with van der Waals surface area (Å²) in [5, 5.41) is 14.7. The minimum Gasteiger partial charge on any atom is -0.455 e. The number of fused-ring (bicyclic) bond motifs is 9. The SMILES string of the molecule is c1ccc(-c2cc(-c3c4ccccc4c(-c4cc5ccccc5c5ccccc45)c4ccccc34)cc3c2oc2cc4ccccc4cc23)cc1. The summed E-state index contributed by atoms with van der Waals surface area (Å²) in [6.07, 6.45) is 0. The lowest BCUT2D eigenvalue weighted by molar-refractivity contribution is 0.670. The normalized spacial score (nSPS) is 11.9. The Labute approximate surface area is 294 Å². The largest absolute Gasteiger partial charge is 0.455 e. The minimum absolute atomic E-state index is 0.909. The number of hydrogen-bond donors (Lipinski definition) is 0. The second-order valence-corrected chi connectivity index (χ2v) is 13.6. The Morgan fingerprint density at radius 2 is 0.804 bits per heavy atom. The van der Waals surface area contributed by atoms with Crippen LogP contribution in [0.2, 0.25) is 0 Å². The van der Waals surface area contributed by atoms with Crippen molar-refractivity contribution < 1.29 is 4.42 Å². The maximum Gasteiger partial charge on any atom is 0.143 e. The van der Waals surface area contributed by atoms with Gasteiger partial charge in [0.2, 0.25) is 0 Å². The Kier molecular flexibility index (Phi) is 6.02. The summed E-state index contributed by atoms with van der Waals surface area (Å²) in [6, 6.07) is 66.3. The minimum atomic E-state index is 0.909. The van der Waals surface area contributed by atoms with Crippen LogP contribution in [-0.2, 0) is 0 Å². The Hall–Kier alpha value is -6.70. The zero-order chi connectivity index (χ0) is 33.5. The van der Waals surface area contributed by atoms with Crippen LogP contribution in [0.1, 0.15) is 0 Å². The highest BCUT2D eigenvalue weighted by Crippen LogP contribution is 2.48. The first kappa shape index (κ1) is 28.2. The molecule has 0 spiro atoms. The topological polar surface area (TPSA) is 13.1 Å². The van der Waals surface area contributed by atoms with Crippen molar-refractivity contribution in [3.05, 3.63) is 182 Å². The molecule has 1 heteroatoms. The third-order valence-electron chi connectivity index (χ3n) is 10.8. The fourth-order valence-electron chi connectivity index (χ4n) is 8.53. The van der Waals surface area contributed by atoms with Gasteiger partial charge in [0.15, 0.2) is 0 Å². The molecule has 1 nitrogen and oxygen atoms in total. The van der Waals surface area contributed by atoms with Crippen molar-refractivity contribution >= 4 is 75.8 Å². The summed E-state index contributed by atoms with van der Waals surface area (Å²) >= 11 is 0.